The molecule has 0 spiro atoms. The number of likely N-dealkylation sites (N-methyl/N-ethyl adjacent to an activating group) is 1. The molecule has 1 N–H and O–H groups in total. The van der Waals surface area contributed by atoms with Crippen molar-refractivity contribution in [2.45, 2.75) is 13.8 Å². The Morgan fingerprint density at radius 1 is 1.15 bits per heavy atom. The monoisotopic (exact) mass is 277 g/mol. The van der Waals surface area contributed by atoms with Crippen molar-refractivity contribution in [3.8, 4) is 0 Å². The van der Waals surface area contributed by atoms with Crippen molar-refractivity contribution in [2.75, 3.05) is 39.0 Å². The highest BCUT2D eigenvalue weighted by molar-refractivity contribution is 5.95. The van der Waals surface area contributed by atoms with Crippen molar-refractivity contribution in [3.63, 3.8) is 0 Å². The molecule has 20 heavy (non-hydrogen) atoms. The van der Waals surface area contributed by atoms with Gasteiger partial charge < -0.3 is 15.1 Å². The highest BCUT2D eigenvalue weighted by Crippen LogP contribution is 2.11. The highest BCUT2D eigenvalue weighted by Gasteiger charge is 2.10. The molecular weight excluding hydrogens is 254 g/mol. The molecule has 0 atom stereocenters. The topological polar surface area (TPSA) is 52.7 Å². The second-order valence-corrected chi connectivity index (χ2v) is 4.70. The lowest BCUT2D eigenvalue weighted by molar-refractivity contribution is -0.128. The first-order valence-corrected chi connectivity index (χ1v) is 6.83. The maximum atomic E-state index is 11.9. The Labute approximate surface area is 120 Å². The summed E-state index contributed by atoms with van der Waals surface area (Å²) in [6.45, 7) is 5.56. The molecule has 0 saturated carbocycles. The van der Waals surface area contributed by atoms with Crippen molar-refractivity contribution in [2.24, 2.45) is 0 Å². The summed E-state index contributed by atoms with van der Waals surface area (Å²) >= 11 is 0. The zero-order valence-electron chi connectivity index (χ0n) is 12.6. The van der Waals surface area contributed by atoms with Gasteiger partial charge in [-0.05, 0) is 32.0 Å². The summed E-state index contributed by atoms with van der Waals surface area (Å²) in [6, 6.07) is 7.18. The number of hydrogen-bond donors (Lipinski definition) is 1. The molecule has 0 unspecified atom stereocenters. The summed E-state index contributed by atoms with van der Waals surface area (Å²) in [6.07, 6.45) is 0. The minimum absolute atomic E-state index is 0.0521. The van der Waals surface area contributed by atoms with Gasteiger partial charge in [0.2, 0.25) is 5.91 Å². The summed E-state index contributed by atoms with van der Waals surface area (Å²) in [4.78, 5) is 27.0. The first kappa shape index (κ1) is 16.0. The molecule has 0 fully saturated rings. The average molecular weight is 277 g/mol. The lowest BCUT2D eigenvalue weighted by Gasteiger charge is -2.19. The van der Waals surface area contributed by atoms with Crippen LogP contribution in [-0.2, 0) is 4.79 Å². The van der Waals surface area contributed by atoms with E-state index in [4.69, 9.17) is 0 Å². The van der Waals surface area contributed by atoms with Crippen LogP contribution in [0, 0.1) is 0 Å². The quantitative estimate of drug-likeness (QED) is 0.860. The zero-order valence-corrected chi connectivity index (χ0v) is 12.6. The van der Waals surface area contributed by atoms with Crippen molar-refractivity contribution < 1.29 is 9.59 Å². The summed E-state index contributed by atoms with van der Waals surface area (Å²) < 4.78 is 0. The Kier molecular flexibility index (Phi) is 6.03. The van der Waals surface area contributed by atoms with Crippen molar-refractivity contribution >= 4 is 17.5 Å². The summed E-state index contributed by atoms with van der Waals surface area (Å²) in [5.41, 5.74) is 1.38. The molecule has 1 aromatic carbocycles. The van der Waals surface area contributed by atoms with E-state index in [1.807, 2.05) is 19.9 Å². The third-order valence-corrected chi connectivity index (χ3v) is 3.08. The SMILES string of the molecule is CCN(CC)C(=O)CNc1cccc(C(=O)N(C)C)c1. The van der Waals surface area contributed by atoms with Crippen LogP contribution >= 0.6 is 0 Å². The summed E-state index contributed by atoms with van der Waals surface area (Å²) in [5.74, 6) is 0.00283. The van der Waals surface area contributed by atoms with E-state index in [9.17, 15) is 9.59 Å². The number of rotatable bonds is 6. The van der Waals surface area contributed by atoms with Crippen LogP contribution in [0.25, 0.3) is 0 Å². The predicted molar refractivity (Wildman–Crippen MR) is 80.9 cm³/mol. The van der Waals surface area contributed by atoms with Crippen LogP contribution in [0.1, 0.15) is 24.2 Å². The number of amides is 2. The van der Waals surface area contributed by atoms with Gasteiger partial charge in [-0.2, -0.15) is 0 Å². The number of anilines is 1. The number of nitrogens with one attached hydrogen (secondary N) is 1. The third-order valence-electron chi connectivity index (χ3n) is 3.08. The van der Waals surface area contributed by atoms with Gasteiger partial charge in [0.15, 0.2) is 0 Å². The van der Waals surface area contributed by atoms with E-state index in [0.29, 0.717) is 18.7 Å². The first-order valence-electron chi connectivity index (χ1n) is 6.83. The number of benzene rings is 1. The van der Waals surface area contributed by atoms with Crippen LogP contribution in [0.15, 0.2) is 24.3 Å². The maximum absolute atomic E-state index is 11.9. The van der Waals surface area contributed by atoms with Crippen LogP contribution in [-0.4, -0.2) is 55.3 Å². The number of carbonyl (C=O) groups is 2. The average Bonchev–Trinajstić information content (AvgIpc) is 2.45. The third kappa shape index (κ3) is 4.26. The van der Waals surface area contributed by atoms with Gasteiger partial charge in [-0.3, -0.25) is 9.59 Å². The fourth-order valence-electron chi connectivity index (χ4n) is 1.89. The zero-order chi connectivity index (χ0) is 15.1. The van der Waals surface area contributed by atoms with Gasteiger partial charge in [0.1, 0.15) is 0 Å². The van der Waals surface area contributed by atoms with E-state index in [2.05, 4.69) is 5.32 Å². The van der Waals surface area contributed by atoms with E-state index in [-0.39, 0.29) is 18.4 Å². The fourth-order valence-corrected chi connectivity index (χ4v) is 1.89. The minimum atomic E-state index is -0.0521. The number of nitrogens with zero attached hydrogens (tertiary/aromatic N) is 2. The summed E-state index contributed by atoms with van der Waals surface area (Å²) in [5, 5.41) is 3.07. The fraction of sp³-hybridized carbons (Fsp3) is 0.467. The molecule has 0 aliphatic heterocycles. The number of hydrogen-bond acceptors (Lipinski definition) is 3. The Morgan fingerprint density at radius 2 is 1.80 bits per heavy atom. The van der Waals surface area contributed by atoms with Crippen LogP contribution in [0.2, 0.25) is 0 Å². The minimum Gasteiger partial charge on any atom is -0.376 e. The Bertz CT molecular complexity index is 468. The second kappa shape index (κ2) is 7.53. The van der Waals surface area contributed by atoms with E-state index < -0.39 is 0 Å². The molecule has 0 heterocycles. The molecule has 1 aromatic rings. The molecule has 0 saturated heterocycles. The van der Waals surface area contributed by atoms with Crippen LogP contribution in [0.5, 0.6) is 0 Å². The van der Waals surface area contributed by atoms with Crippen molar-refractivity contribution in [3.05, 3.63) is 29.8 Å². The predicted octanol–water partition coefficient (Wildman–Crippen LogP) is 1.67. The van der Waals surface area contributed by atoms with Crippen molar-refractivity contribution in [1.29, 1.82) is 0 Å². The Balaban J connectivity index is 2.68. The maximum Gasteiger partial charge on any atom is 0.253 e. The van der Waals surface area contributed by atoms with E-state index in [0.717, 1.165) is 5.69 Å². The molecule has 5 heteroatoms. The van der Waals surface area contributed by atoms with E-state index >= 15 is 0 Å². The standard InChI is InChI=1S/C15H23N3O2/c1-5-18(6-2)14(19)11-16-13-9-7-8-12(10-13)15(20)17(3)4/h7-10,16H,5-6,11H2,1-4H3. The second-order valence-electron chi connectivity index (χ2n) is 4.70. The Hall–Kier alpha value is -2.04. The van der Waals surface area contributed by atoms with Gasteiger partial charge in [0.25, 0.3) is 5.91 Å². The van der Waals surface area contributed by atoms with Gasteiger partial charge in [-0.1, -0.05) is 6.07 Å². The number of carbonyl (C=O) groups excluding carboxylic acids is 2. The molecule has 0 aliphatic carbocycles. The summed E-state index contributed by atoms with van der Waals surface area (Å²) in [7, 11) is 3.43. The first-order chi connectivity index (χ1) is 9.49. The smallest absolute Gasteiger partial charge is 0.253 e. The van der Waals surface area contributed by atoms with Gasteiger partial charge in [0.05, 0.1) is 6.54 Å². The van der Waals surface area contributed by atoms with E-state index in [1.54, 1.807) is 37.2 Å². The molecule has 0 radical (unpaired) electrons. The molecule has 0 aromatic heterocycles. The van der Waals surface area contributed by atoms with Gasteiger partial charge in [0, 0.05) is 38.4 Å². The van der Waals surface area contributed by atoms with Gasteiger partial charge in [-0.25, -0.2) is 0 Å². The van der Waals surface area contributed by atoms with Crippen LogP contribution in [0.3, 0.4) is 0 Å². The van der Waals surface area contributed by atoms with E-state index in [1.165, 1.54) is 4.90 Å². The highest BCUT2D eigenvalue weighted by atomic mass is 16.2. The normalized spacial score (nSPS) is 10.0. The Morgan fingerprint density at radius 3 is 2.35 bits per heavy atom. The lowest BCUT2D eigenvalue weighted by Crippen LogP contribution is -2.35. The van der Waals surface area contributed by atoms with Gasteiger partial charge in [-0.15, -0.1) is 0 Å². The molecule has 110 valence electrons. The molecule has 0 bridgehead atoms. The lowest BCUT2D eigenvalue weighted by atomic mass is 10.2. The van der Waals surface area contributed by atoms with Crippen LogP contribution < -0.4 is 5.32 Å². The molecule has 2 amide bonds. The van der Waals surface area contributed by atoms with Crippen molar-refractivity contribution in [1.82, 2.24) is 9.80 Å². The molecule has 1 rings (SSSR count). The largest absolute Gasteiger partial charge is 0.376 e. The molecule has 5 nitrogen and oxygen atoms in total. The molecule has 0 aliphatic rings. The molecular formula is C15H23N3O2. The van der Waals surface area contributed by atoms with Gasteiger partial charge >= 0.3 is 0 Å². The van der Waals surface area contributed by atoms with Crippen LogP contribution in [0.4, 0.5) is 5.69 Å².